The summed E-state index contributed by atoms with van der Waals surface area (Å²) in [6.45, 7) is 0. The summed E-state index contributed by atoms with van der Waals surface area (Å²) in [5.41, 5.74) is 10.4. The minimum absolute atomic E-state index is 0.0914. The lowest BCUT2D eigenvalue weighted by atomic mass is 9.98. The van der Waals surface area contributed by atoms with Crippen molar-refractivity contribution >= 4 is 5.84 Å². The zero-order valence-corrected chi connectivity index (χ0v) is 26.2. The van der Waals surface area contributed by atoms with Gasteiger partial charge in [0.1, 0.15) is 18.2 Å². The normalized spacial score (nSPS) is 15.7. The highest BCUT2D eigenvalue weighted by atomic mass is 15.3. The second-order valence-electron chi connectivity index (χ2n) is 11.8. The Morgan fingerprint density at radius 3 is 1.58 bits per heavy atom. The molecule has 2 unspecified atom stereocenters. The van der Waals surface area contributed by atoms with E-state index < -0.39 is 0 Å². The average molecular weight is 620 g/mol. The van der Waals surface area contributed by atoms with Crippen molar-refractivity contribution in [3.8, 4) is 45.0 Å². The molecule has 2 heterocycles. The molecule has 7 aromatic rings. The lowest BCUT2D eigenvalue weighted by Crippen LogP contribution is -2.44. The van der Waals surface area contributed by atoms with Gasteiger partial charge in [0.15, 0.2) is 5.82 Å². The molecule has 0 aliphatic carbocycles. The van der Waals surface area contributed by atoms with Crippen LogP contribution in [0, 0.1) is 0 Å². The molecule has 5 nitrogen and oxygen atoms in total. The van der Waals surface area contributed by atoms with E-state index in [0.29, 0.717) is 5.82 Å². The van der Waals surface area contributed by atoms with E-state index in [1.165, 1.54) is 0 Å². The largest absolute Gasteiger partial charge is 0.350 e. The number of benzene rings is 6. The topological polar surface area (TPSA) is 62.2 Å². The fraction of sp³-hybridized carbons (Fsp3) is 0.0465. The van der Waals surface area contributed by atoms with Crippen LogP contribution >= 0.6 is 0 Å². The molecule has 2 atom stereocenters. The van der Waals surface area contributed by atoms with Crippen molar-refractivity contribution in [1.29, 1.82) is 0 Å². The average Bonchev–Trinajstić information content (AvgIpc) is 3.19. The molecule has 1 aromatic heterocycles. The molecule has 0 spiro atoms. The molecule has 0 radical (unpaired) electrons. The summed E-state index contributed by atoms with van der Waals surface area (Å²) >= 11 is 0. The molecule has 0 bridgehead atoms. The number of aliphatic imine (C=N–C) groups is 1. The van der Waals surface area contributed by atoms with E-state index in [4.69, 9.17) is 15.0 Å². The quantitative estimate of drug-likeness (QED) is 0.187. The third-order valence-corrected chi connectivity index (χ3v) is 8.57. The maximum atomic E-state index is 5.15. The van der Waals surface area contributed by atoms with Gasteiger partial charge in [-0.1, -0.05) is 158 Å². The van der Waals surface area contributed by atoms with Gasteiger partial charge in [-0.15, -0.1) is 0 Å². The summed E-state index contributed by atoms with van der Waals surface area (Å²) in [4.78, 5) is 15.2. The van der Waals surface area contributed by atoms with Crippen molar-refractivity contribution in [3.63, 3.8) is 0 Å². The summed E-state index contributed by atoms with van der Waals surface area (Å²) < 4.78 is 0. The van der Waals surface area contributed by atoms with Gasteiger partial charge in [-0.25, -0.2) is 15.0 Å². The van der Waals surface area contributed by atoms with Gasteiger partial charge in [0.2, 0.25) is 0 Å². The first kappa shape index (κ1) is 29.2. The number of nitrogens with zero attached hydrogens (tertiary/aromatic N) is 3. The van der Waals surface area contributed by atoms with E-state index >= 15 is 0 Å². The van der Waals surface area contributed by atoms with Gasteiger partial charge < -0.3 is 5.32 Å². The van der Waals surface area contributed by atoms with Crippen LogP contribution in [0.4, 0.5) is 0 Å². The van der Waals surface area contributed by atoms with Crippen LogP contribution in [0.5, 0.6) is 0 Å². The van der Waals surface area contributed by atoms with Gasteiger partial charge in [0.25, 0.3) is 0 Å². The molecule has 6 aromatic carbocycles. The Morgan fingerprint density at radius 2 is 0.896 bits per heavy atom. The van der Waals surface area contributed by atoms with Crippen LogP contribution in [0.2, 0.25) is 0 Å². The summed E-state index contributed by atoms with van der Waals surface area (Å²) in [7, 11) is 0. The van der Waals surface area contributed by atoms with Gasteiger partial charge in [0.05, 0.1) is 11.4 Å². The molecule has 5 heteroatoms. The Hall–Kier alpha value is -6.17. The molecule has 0 fully saturated rings. The predicted molar refractivity (Wildman–Crippen MR) is 195 cm³/mol. The van der Waals surface area contributed by atoms with E-state index in [1.807, 2.05) is 60.7 Å². The maximum Gasteiger partial charge on any atom is 0.160 e. The Morgan fingerprint density at radius 1 is 0.396 bits per heavy atom. The summed E-state index contributed by atoms with van der Waals surface area (Å²) in [5, 5.41) is 7.35. The second kappa shape index (κ2) is 13.3. The smallest absolute Gasteiger partial charge is 0.160 e. The van der Waals surface area contributed by atoms with Crippen molar-refractivity contribution in [1.82, 2.24) is 20.6 Å². The Balaban J connectivity index is 1.16. The predicted octanol–water partition coefficient (Wildman–Crippen LogP) is 9.48. The van der Waals surface area contributed by atoms with Crippen LogP contribution in [-0.4, -0.2) is 15.8 Å². The standard InChI is InChI=1S/C43H33N5/c1-5-15-30(16-6-1)38-29-39(45-40(44-38)31-17-7-2-8-18-31)36-25-13-23-34(27-36)35-24-14-26-37(28-35)43-47-41(32-19-9-3-10-20-32)46-42(48-43)33-21-11-4-12-22-33/h1-29,41,43,47H,(H,46,48). The maximum absolute atomic E-state index is 5.15. The zero-order valence-electron chi connectivity index (χ0n) is 26.2. The lowest BCUT2D eigenvalue weighted by molar-refractivity contribution is 0.409. The third-order valence-electron chi connectivity index (χ3n) is 8.57. The van der Waals surface area contributed by atoms with Crippen LogP contribution < -0.4 is 10.6 Å². The van der Waals surface area contributed by atoms with E-state index in [1.54, 1.807) is 0 Å². The van der Waals surface area contributed by atoms with E-state index in [9.17, 15) is 0 Å². The number of nitrogens with one attached hydrogen (secondary N) is 2. The van der Waals surface area contributed by atoms with Crippen LogP contribution in [0.1, 0.15) is 29.0 Å². The molecule has 1 aliphatic rings. The molecule has 2 N–H and O–H groups in total. The van der Waals surface area contributed by atoms with E-state index in [2.05, 4.69) is 126 Å². The van der Waals surface area contributed by atoms with Crippen molar-refractivity contribution in [2.24, 2.45) is 4.99 Å². The minimum atomic E-state index is -0.237. The van der Waals surface area contributed by atoms with Gasteiger partial charge >= 0.3 is 0 Å². The molecule has 0 amide bonds. The van der Waals surface area contributed by atoms with Crippen molar-refractivity contribution in [3.05, 3.63) is 193 Å². The van der Waals surface area contributed by atoms with Gasteiger partial charge in [-0.2, -0.15) is 0 Å². The van der Waals surface area contributed by atoms with E-state index in [-0.39, 0.29) is 12.3 Å². The first-order valence-electron chi connectivity index (χ1n) is 16.2. The fourth-order valence-corrected chi connectivity index (χ4v) is 6.10. The molecular weight excluding hydrogens is 587 g/mol. The minimum Gasteiger partial charge on any atom is -0.350 e. The highest BCUT2D eigenvalue weighted by Gasteiger charge is 2.25. The third kappa shape index (κ3) is 6.27. The van der Waals surface area contributed by atoms with E-state index in [0.717, 1.165) is 61.7 Å². The molecule has 230 valence electrons. The summed E-state index contributed by atoms with van der Waals surface area (Å²) in [6.07, 6.45) is -0.329. The number of aromatic nitrogens is 2. The Bertz CT molecular complexity index is 2120. The van der Waals surface area contributed by atoms with Crippen LogP contribution in [-0.2, 0) is 0 Å². The second-order valence-corrected chi connectivity index (χ2v) is 11.8. The van der Waals surface area contributed by atoms with Crippen molar-refractivity contribution in [2.45, 2.75) is 12.3 Å². The van der Waals surface area contributed by atoms with Crippen LogP contribution in [0.25, 0.3) is 45.0 Å². The molecule has 48 heavy (non-hydrogen) atoms. The SMILES string of the molecule is c1ccc(C2=NC(c3cccc(-c4cccc(-c5cc(-c6ccccc6)nc(-c6ccccc6)n5)c4)c3)NC(c3ccccc3)N2)cc1. The highest BCUT2D eigenvalue weighted by molar-refractivity contribution is 5.99. The molecular formula is C43H33N5. The van der Waals surface area contributed by atoms with Gasteiger partial charge in [0, 0.05) is 22.3 Å². The summed E-state index contributed by atoms with van der Waals surface area (Å²) in [6, 6.07) is 60.5. The Labute approximate surface area is 280 Å². The highest BCUT2D eigenvalue weighted by Crippen LogP contribution is 2.32. The molecule has 0 saturated carbocycles. The van der Waals surface area contributed by atoms with Crippen LogP contribution in [0.15, 0.2) is 181 Å². The van der Waals surface area contributed by atoms with Crippen LogP contribution in [0.3, 0.4) is 0 Å². The number of hydrogen-bond acceptors (Lipinski definition) is 5. The molecule has 0 saturated heterocycles. The number of hydrogen-bond donors (Lipinski definition) is 2. The molecule has 8 rings (SSSR count). The first-order valence-corrected chi connectivity index (χ1v) is 16.2. The summed E-state index contributed by atoms with van der Waals surface area (Å²) in [5.74, 6) is 1.57. The lowest BCUT2D eigenvalue weighted by Gasteiger charge is -2.32. The zero-order chi connectivity index (χ0) is 32.1. The number of rotatable bonds is 7. The first-order chi connectivity index (χ1) is 23.8. The van der Waals surface area contributed by atoms with Crippen molar-refractivity contribution < 1.29 is 0 Å². The monoisotopic (exact) mass is 619 g/mol. The van der Waals surface area contributed by atoms with Gasteiger partial charge in [-0.3, -0.25) is 5.32 Å². The van der Waals surface area contributed by atoms with Crippen molar-refractivity contribution in [2.75, 3.05) is 0 Å². The fourth-order valence-electron chi connectivity index (χ4n) is 6.10. The van der Waals surface area contributed by atoms with Gasteiger partial charge in [-0.05, 0) is 40.5 Å². The number of amidine groups is 1. The Kier molecular flexibility index (Phi) is 8.09. The molecule has 1 aliphatic heterocycles.